The minimum absolute atomic E-state index is 0.809. The smallest absolute Gasteiger partial charge is 0.0652 e. The van der Waals surface area contributed by atoms with Crippen LogP contribution < -0.4 is 10.3 Å². The molecule has 3 nitrogen and oxygen atoms in total. The second-order valence-corrected chi connectivity index (χ2v) is 7.14. The summed E-state index contributed by atoms with van der Waals surface area (Å²) >= 11 is 0. The van der Waals surface area contributed by atoms with Crippen LogP contribution in [-0.4, -0.2) is 6.21 Å². The number of rotatable bonds is 7. The number of anilines is 3. The largest absolute Gasteiger partial charge is 0.381 e. The summed E-state index contributed by atoms with van der Waals surface area (Å²) in [5, 5.41) is 10.3. The van der Waals surface area contributed by atoms with Crippen molar-refractivity contribution in [3.8, 4) is 0 Å². The van der Waals surface area contributed by atoms with E-state index in [-0.39, 0.29) is 0 Å². The lowest BCUT2D eigenvalue weighted by molar-refractivity contribution is 1.09. The van der Waals surface area contributed by atoms with E-state index in [1.54, 1.807) is 0 Å². The normalized spacial score (nSPS) is 10.8. The van der Waals surface area contributed by atoms with Gasteiger partial charge in [-0.2, -0.15) is 5.10 Å². The zero-order chi connectivity index (χ0) is 20.6. The van der Waals surface area contributed by atoms with Crippen LogP contribution in [0.4, 0.5) is 17.1 Å². The van der Waals surface area contributed by atoms with E-state index in [0.717, 1.165) is 29.2 Å². The number of nitrogens with zero attached hydrogens (tertiary/aromatic N) is 2. The van der Waals surface area contributed by atoms with E-state index < -0.39 is 0 Å². The first-order valence-electron chi connectivity index (χ1n) is 10.1. The van der Waals surface area contributed by atoms with Crippen molar-refractivity contribution >= 4 is 23.3 Å². The van der Waals surface area contributed by atoms with Gasteiger partial charge in [0.05, 0.1) is 17.6 Å². The van der Waals surface area contributed by atoms with Gasteiger partial charge in [0.1, 0.15) is 0 Å². The molecule has 0 bridgehead atoms. The number of nitrogens with one attached hydrogen (secondary N) is 1. The Hall–Kier alpha value is -3.85. The Bertz CT molecular complexity index is 1050. The lowest BCUT2D eigenvalue weighted by atomic mass is 10.1. The van der Waals surface area contributed by atoms with Gasteiger partial charge in [0.2, 0.25) is 0 Å². The molecule has 0 fully saturated rings. The number of benzene rings is 4. The molecule has 0 aliphatic carbocycles. The van der Waals surface area contributed by atoms with Gasteiger partial charge in [-0.05, 0) is 60.0 Å². The predicted molar refractivity (Wildman–Crippen MR) is 128 cm³/mol. The third kappa shape index (κ3) is 4.95. The van der Waals surface area contributed by atoms with Gasteiger partial charge in [0.25, 0.3) is 0 Å². The van der Waals surface area contributed by atoms with Gasteiger partial charge in [-0.15, -0.1) is 0 Å². The molecule has 148 valence electrons. The van der Waals surface area contributed by atoms with Crippen LogP contribution in [0.2, 0.25) is 0 Å². The van der Waals surface area contributed by atoms with E-state index in [4.69, 9.17) is 5.10 Å². The molecule has 4 aromatic rings. The van der Waals surface area contributed by atoms with E-state index in [0.29, 0.717) is 0 Å². The SMILES string of the molecule is Cc1cc(NCc2ccccc2)ccc1/C=N/N(c1ccccc1)c1ccccc1. The summed E-state index contributed by atoms with van der Waals surface area (Å²) in [5.41, 5.74) is 6.70. The summed E-state index contributed by atoms with van der Waals surface area (Å²) in [4.78, 5) is 0. The summed E-state index contributed by atoms with van der Waals surface area (Å²) in [5.74, 6) is 0. The van der Waals surface area contributed by atoms with Gasteiger partial charge < -0.3 is 5.32 Å². The van der Waals surface area contributed by atoms with Crippen LogP contribution in [0.3, 0.4) is 0 Å². The fraction of sp³-hybridized carbons (Fsp3) is 0.0741. The lowest BCUT2D eigenvalue weighted by Gasteiger charge is -2.19. The summed E-state index contributed by atoms with van der Waals surface area (Å²) in [7, 11) is 0. The van der Waals surface area contributed by atoms with Crippen molar-refractivity contribution in [3.05, 3.63) is 126 Å². The maximum absolute atomic E-state index is 4.81. The molecule has 0 spiro atoms. The average Bonchev–Trinajstić information content (AvgIpc) is 2.81. The van der Waals surface area contributed by atoms with E-state index in [1.165, 1.54) is 11.1 Å². The molecule has 30 heavy (non-hydrogen) atoms. The molecule has 0 unspecified atom stereocenters. The molecule has 4 rings (SSSR count). The molecule has 0 saturated heterocycles. The van der Waals surface area contributed by atoms with Crippen molar-refractivity contribution in [1.82, 2.24) is 0 Å². The Morgan fingerprint density at radius 1 is 0.733 bits per heavy atom. The number of hydrogen-bond donors (Lipinski definition) is 1. The quantitative estimate of drug-likeness (QED) is 0.278. The minimum Gasteiger partial charge on any atom is -0.381 e. The molecule has 0 aliphatic heterocycles. The first-order valence-corrected chi connectivity index (χ1v) is 10.1. The Morgan fingerprint density at radius 2 is 1.30 bits per heavy atom. The van der Waals surface area contributed by atoms with Crippen molar-refractivity contribution in [1.29, 1.82) is 0 Å². The lowest BCUT2D eigenvalue weighted by Crippen LogP contribution is -2.09. The highest BCUT2D eigenvalue weighted by Gasteiger charge is 2.07. The van der Waals surface area contributed by atoms with Gasteiger partial charge in [0.15, 0.2) is 0 Å². The van der Waals surface area contributed by atoms with Gasteiger partial charge in [-0.25, -0.2) is 5.01 Å². The zero-order valence-corrected chi connectivity index (χ0v) is 17.1. The number of para-hydroxylation sites is 2. The Balaban J connectivity index is 1.53. The van der Waals surface area contributed by atoms with Crippen molar-refractivity contribution in [2.45, 2.75) is 13.5 Å². The standard InChI is InChI=1S/C27H25N3/c1-22-19-25(28-20-23-11-5-2-6-12-23)18-17-24(22)21-29-30(26-13-7-3-8-14-26)27-15-9-4-10-16-27/h2-19,21,28H,20H2,1H3/b29-21+. The van der Waals surface area contributed by atoms with Crippen molar-refractivity contribution in [2.24, 2.45) is 5.10 Å². The average molecular weight is 392 g/mol. The maximum Gasteiger partial charge on any atom is 0.0652 e. The minimum atomic E-state index is 0.809. The van der Waals surface area contributed by atoms with Crippen LogP contribution in [0.25, 0.3) is 0 Å². The topological polar surface area (TPSA) is 27.6 Å². The first-order chi connectivity index (χ1) is 14.8. The van der Waals surface area contributed by atoms with E-state index in [1.807, 2.05) is 53.7 Å². The molecule has 0 amide bonds. The maximum atomic E-state index is 4.81. The van der Waals surface area contributed by atoms with E-state index in [2.05, 4.69) is 79.0 Å². The summed E-state index contributed by atoms with van der Waals surface area (Å²) < 4.78 is 0. The monoisotopic (exact) mass is 391 g/mol. The fourth-order valence-corrected chi connectivity index (χ4v) is 3.27. The van der Waals surface area contributed by atoms with Crippen LogP contribution in [-0.2, 0) is 6.54 Å². The van der Waals surface area contributed by atoms with Crippen molar-refractivity contribution in [3.63, 3.8) is 0 Å². The van der Waals surface area contributed by atoms with Crippen LogP contribution in [0.5, 0.6) is 0 Å². The van der Waals surface area contributed by atoms with Crippen LogP contribution >= 0.6 is 0 Å². The molecular weight excluding hydrogens is 366 g/mol. The molecule has 3 heteroatoms. The summed E-state index contributed by atoms with van der Waals surface area (Å²) in [6.45, 7) is 2.92. The molecule has 0 radical (unpaired) electrons. The number of hydrogen-bond acceptors (Lipinski definition) is 3. The summed E-state index contributed by atoms with van der Waals surface area (Å²) in [6, 6.07) is 37.2. The van der Waals surface area contributed by atoms with Crippen molar-refractivity contribution in [2.75, 3.05) is 10.3 Å². The molecule has 1 N–H and O–H groups in total. The van der Waals surface area contributed by atoms with Gasteiger partial charge in [0, 0.05) is 12.2 Å². The Morgan fingerprint density at radius 3 is 1.87 bits per heavy atom. The van der Waals surface area contributed by atoms with Gasteiger partial charge >= 0.3 is 0 Å². The molecule has 0 atom stereocenters. The number of hydrazone groups is 1. The molecule has 0 heterocycles. The second kappa shape index (κ2) is 9.57. The van der Waals surface area contributed by atoms with E-state index >= 15 is 0 Å². The van der Waals surface area contributed by atoms with Crippen LogP contribution in [0, 0.1) is 6.92 Å². The molecule has 4 aromatic carbocycles. The molecular formula is C27H25N3. The highest BCUT2D eigenvalue weighted by Crippen LogP contribution is 2.25. The van der Waals surface area contributed by atoms with Crippen LogP contribution in [0.15, 0.2) is 114 Å². The van der Waals surface area contributed by atoms with Crippen molar-refractivity contribution < 1.29 is 0 Å². The van der Waals surface area contributed by atoms with Crippen LogP contribution in [0.1, 0.15) is 16.7 Å². The third-order valence-electron chi connectivity index (χ3n) is 4.92. The first kappa shape index (κ1) is 19.5. The Labute approximate surface area is 178 Å². The zero-order valence-electron chi connectivity index (χ0n) is 17.1. The Kier molecular flexibility index (Phi) is 6.21. The fourth-order valence-electron chi connectivity index (χ4n) is 3.27. The second-order valence-electron chi connectivity index (χ2n) is 7.14. The third-order valence-corrected chi connectivity index (χ3v) is 4.92. The molecule has 0 saturated carbocycles. The molecule has 0 aromatic heterocycles. The highest BCUT2D eigenvalue weighted by molar-refractivity contribution is 5.84. The van der Waals surface area contributed by atoms with Gasteiger partial charge in [-0.3, -0.25) is 0 Å². The highest BCUT2D eigenvalue weighted by atomic mass is 15.5. The summed E-state index contributed by atoms with van der Waals surface area (Å²) in [6.07, 6.45) is 1.93. The number of aryl methyl sites for hydroxylation is 1. The van der Waals surface area contributed by atoms with E-state index in [9.17, 15) is 0 Å². The van der Waals surface area contributed by atoms with Gasteiger partial charge in [-0.1, -0.05) is 72.8 Å². The molecule has 0 aliphatic rings. The predicted octanol–water partition coefficient (Wildman–Crippen LogP) is 6.78.